The number of nitrogens with zero attached hydrogens (tertiary/aromatic N) is 4. The van der Waals surface area contributed by atoms with E-state index in [1.807, 2.05) is 0 Å². The second-order valence-corrected chi connectivity index (χ2v) is 3.94. The van der Waals surface area contributed by atoms with Crippen molar-refractivity contribution in [1.29, 1.82) is 0 Å². The van der Waals surface area contributed by atoms with Crippen LogP contribution in [0.2, 0.25) is 0 Å². The number of nitrogens with one attached hydrogen (secondary N) is 1. The number of aromatic nitrogens is 4. The minimum Gasteiger partial charge on any atom is -0.381 e. The molecule has 2 atom stereocenters. The zero-order chi connectivity index (χ0) is 10.7. The van der Waals surface area contributed by atoms with E-state index in [0.29, 0.717) is 18.7 Å². The molecule has 0 aromatic carbocycles. The summed E-state index contributed by atoms with van der Waals surface area (Å²) in [7, 11) is 3.55. The average molecular weight is 211 g/mol. The SMILES string of the molecule is COC1CCC(NCc2nnn(C)n2)C1. The van der Waals surface area contributed by atoms with E-state index in [2.05, 4.69) is 20.7 Å². The Morgan fingerprint density at radius 3 is 3.00 bits per heavy atom. The van der Waals surface area contributed by atoms with Crippen molar-refractivity contribution in [3.8, 4) is 0 Å². The Hall–Kier alpha value is -1.01. The average Bonchev–Trinajstić information content (AvgIpc) is 2.83. The molecule has 1 aliphatic carbocycles. The van der Waals surface area contributed by atoms with Crippen LogP contribution >= 0.6 is 0 Å². The standard InChI is InChI=1S/C9H17N5O/c1-14-12-9(11-13-14)6-10-7-3-4-8(5-7)15-2/h7-8,10H,3-6H2,1-2H3. The van der Waals surface area contributed by atoms with Gasteiger partial charge >= 0.3 is 0 Å². The molecule has 1 saturated carbocycles. The van der Waals surface area contributed by atoms with Crippen molar-refractivity contribution in [3.63, 3.8) is 0 Å². The van der Waals surface area contributed by atoms with Crippen LogP contribution in [0.4, 0.5) is 0 Å². The number of hydrogen-bond donors (Lipinski definition) is 1. The molecule has 0 saturated heterocycles. The van der Waals surface area contributed by atoms with E-state index >= 15 is 0 Å². The molecule has 0 aliphatic heterocycles. The van der Waals surface area contributed by atoms with Crippen molar-refractivity contribution in [3.05, 3.63) is 5.82 Å². The van der Waals surface area contributed by atoms with Gasteiger partial charge in [-0.1, -0.05) is 0 Å². The second kappa shape index (κ2) is 4.67. The van der Waals surface area contributed by atoms with Crippen LogP contribution in [0.1, 0.15) is 25.1 Å². The third kappa shape index (κ3) is 2.73. The minimum absolute atomic E-state index is 0.414. The maximum Gasteiger partial charge on any atom is 0.188 e. The Bertz CT molecular complexity index is 313. The Morgan fingerprint density at radius 1 is 1.53 bits per heavy atom. The number of hydrogen-bond acceptors (Lipinski definition) is 5. The van der Waals surface area contributed by atoms with Crippen LogP contribution in [0.3, 0.4) is 0 Å². The van der Waals surface area contributed by atoms with Crippen molar-refractivity contribution < 1.29 is 4.74 Å². The van der Waals surface area contributed by atoms with Crippen molar-refractivity contribution in [2.45, 2.75) is 38.0 Å². The molecule has 0 spiro atoms. The second-order valence-electron chi connectivity index (χ2n) is 3.94. The lowest BCUT2D eigenvalue weighted by atomic mass is 10.2. The van der Waals surface area contributed by atoms with Crippen molar-refractivity contribution in [1.82, 2.24) is 25.5 Å². The maximum absolute atomic E-state index is 5.31. The van der Waals surface area contributed by atoms with Gasteiger partial charge in [-0.2, -0.15) is 4.80 Å². The fourth-order valence-corrected chi connectivity index (χ4v) is 1.97. The summed E-state index contributed by atoms with van der Waals surface area (Å²) in [5.41, 5.74) is 0. The van der Waals surface area contributed by atoms with E-state index in [4.69, 9.17) is 4.74 Å². The number of aryl methyl sites for hydroxylation is 1. The molecule has 1 aromatic heterocycles. The van der Waals surface area contributed by atoms with E-state index in [1.165, 1.54) is 11.2 Å². The van der Waals surface area contributed by atoms with Crippen molar-refractivity contribution in [2.75, 3.05) is 7.11 Å². The molecule has 2 unspecified atom stereocenters. The van der Waals surface area contributed by atoms with E-state index in [1.54, 1.807) is 14.2 Å². The normalized spacial score (nSPS) is 26.0. The zero-order valence-electron chi connectivity index (χ0n) is 9.18. The number of rotatable bonds is 4. The van der Waals surface area contributed by atoms with Crippen molar-refractivity contribution >= 4 is 0 Å². The number of ether oxygens (including phenoxy) is 1. The summed E-state index contributed by atoms with van der Waals surface area (Å²) in [5.74, 6) is 0.748. The molecule has 1 aromatic rings. The summed E-state index contributed by atoms with van der Waals surface area (Å²) in [4.78, 5) is 1.48. The predicted molar refractivity (Wildman–Crippen MR) is 54.1 cm³/mol. The largest absolute Gasteiger partial charge is 0.381 e. The van der Waals surface area contributed by atoms with Gasteiger partial charge in [0.25, 0.3) is 0 Å². The summed E-state index contributed by atoms with van der Waals surface area (Å²) in [5, 5.41) is 15.2. The summed E-state index contributed by atoms with van der Waals surface area (Å²) < 4.78 is 5.31. The van der Waals surface area contributed by atoms with Crippen LogP contribution < -0.4 is 5.32 Å². The van der Waals surface area contributed by atoms with Gasteiger partial charge < -0.3 is 10.1 Å². The van der Waals surface area contributed by atoms with Crippen LogP contribution in [0.15, 0.2) is 0 Å². The first-order valence-corrected chi connectivity index (χ1v) is 5.27. The van der Waals surface area contributed by atoms with Gasteiger partial charge in [-0.15, -0.1) is 10.2 Å². The Kier molecular flexibility index (Phi) is 3.27. The summed E-state index contributed by atoms with van der Waals surface area (Å²) in [6, 6.07) is 0.527. The van der Waals surface area contributed by atoms with Gasteiger partial charge in [-0.25, -0.2) is 0 Å². The number of methoxy groups -OCH3 is 1. The topological polar surface area (TPSA) is 64.9 Å². The smallest absolute Gasteiger partial charge is 0.188 e. The highest BCUT2D eigenvalue weighted by Crippen LogP contribution is 2.21. The van der Waals surface area contributed by atoms with Crippen LogP contribution in [-0.2, 0) is 18.3 Å². The maximum atomic E-state index is 5.31. The molecule has 84 valence electrons. The predicted octanol–water partition coefficient (Wildman–Crippen LogP) is -0.133. The lowest BCUT2D eigenvalue weighted by Crippen LogP contribution is -2.27. The molecule has 1 N–H and O–H groups in total. The monoisotopic (exact) mass is 211 g/mol. The van der Waals surface area contributed by atoms with E-state index in [9.17, 15) is 0 Å². The minimum atomic E-state index is 0.414. The quantitative estimate of drug-likeness (QED) is 0.751. The molecule has 15 heavy (non-hydrogen) atoms. The lowest BCUT2D eigenvalue weighted by molar-refractivity contribution is 0.107. The molecular weight excluding hydrogens is 194 g/mol. The Morgan fingerprint density at radius 2 is 2.40 bits per heavy atom. The van der Waals surface area contributed by atoms with Gasteiger partial charge in [-0.05, 0) is 24.5 Å². The molecule has 0 radical (unpaired) electrons. The molecule has 1 fully saturated rings. The third-order valence-electron chi connectivity index (χ3n) is 2.82. The van der Waals surface area contributed by atoms with Gasteiger partial charge in [-0.3, -0.25) is 0 Å². The van der Waals surface area contributed by atoms with Gasteiger partial charge in [0.1, 0.15) is 0 Å². The first-order chi connectivity index (χ1) is 7.28. The highest BCUT2D eigenvalue weighted by molar-refractivity contribution is 4.84. The van der Waals surface area contributed by atoms with Gasteiger partial charge in [0.05, 0.1) is 19.7 Å². The fraction of sp³-hybridized carbons (Fsp3) is 0.889. The van der Waals surface area contributed by atoms with Crippen LogP contribution in [0.25, 0.3) is 0 Å². The summed E-state index contributed by atoms with van der Waals surface area (Å²) in [6.45, 7) is 0.689. The van der Waals surface area contributed by atoms with Crippen LogP contribution in [-0.4, -0.2) is 39.5 Å². The molecular formula is C9H17N5O. The zero-order valence-corrected chi connectivity index (χ0v) is 9.18. The first kappa shape index (κ1) is 10.5. The molecule has 6 nitrogen and oxygen atoms in total. The summed E-state index contributed by atoms with van der Waals surface area (Å²) in [6.07, 6.45) is 3.80. The third-order valence-corrected chi connectivity index (χ3v) is 2.82. The van der Waals surface area contributed by atoms with E-state index in [-0.39, 0.29) is 0 Å². The number of tetrazole rings is 1. The van der Waals surface area contributed by atoms with Gasteiger partial charge in [0.15, 0.2) is 5.82 Å². The Labute approximate surface area is 89.0 Å². The fourth-order valence-electron chi connectivity index (χ4n) is 1.97. The molecule has 1 aliphatic rings. The Balaban J connectivity index is 1.75. The van der Waals surface area contributed by atoms with Crippen LogP contribution in [0, 0.1) is 0 Å². The van der Waals surface area contributed by atoms with Gasteiger partial charge in [0.2, 0.25) is 0 Å². The first-order valence-electron chi connectivity index (χ1n) is 5.27. The van der Waals surface area contributed by atoms with E-state index < -0.39 is 0 Å². The molecule has 0 bridgehead atoms. The highest BCUT2D eigenvalue weighted by Gasteiger charge is 2.23. The molecule has 2 rings (SSSR count). The highest BCUT2D eigenvalue weighted by atomic mass is 16.5. The molecule has 1 heterocycles. The van der Waals surface area contributed by atoms with E-state index in [0.717, 1.165) is 18.7 Å². The van der Waals surface area contributed by atoms with Gasteiger partial charge in [0, 0.05) is 13.2 Å². The molecule has 0 amide bonds. The summed E-state index contributed by atoms with van der Waals surface area (Å²) >= 11 is 0. The van der Waals surface area contributed by atoms with Crippen molar-refractivity contribution in [2.24, 2.45) is 7.05 Å². The molecule has 6 heteroatoms. The van der Waals surface area contributed by atoms with Crippen LogP contribution in [0.5, 0.6) is 0 Å². The lowest BCUT2D eigenvalue weighted by Gasteiger charge is -2.10.